The Morgan fingerprint density at radius 2 is 1.96 bits per heavy atom. The Labute approximate surface area is 151 Å². The molecule has 0 aromatic heterocycles. The fraction of sp³-hybridized carbons (Fsp3) is 0.200. The van der Waals surface area contributed by atoms with Gasteiger partial charge in [0.2, 0.25) is 5.91 Å². The van der Waals surface area contributed by atoms with Crippen LogP contribution in [0.3, 0.4) is 0 Å². The van der Waals surface area contributed by atoms with Gasteiger partial charge in [0, 0.05) is 24.5 Å². The fourth-order valence-electron chi connectivity index (χ4n) is 2.49. The minimum absolute atomic E-state index is 0.0158. The molecule has 136 valence electrons. The largest absolute Gasteiger partial charge is 0.550 e. The molecule has 0 heterocycles. The van der Waals surface area contributed by atoms with Crippen LogP contribution < -0.4 is 15.2 Å². The first kappa shape index (κ1) is 19.1. The summed E-state index contributed by atoms with van der Waals surface area (Å²) in [7, 11) is 1.44. The van der Waals surface area contributed by atoms with E-state index in [9.17, 15) is 19.8 Å². The maximum atomic E-state index is 12.0. The standard InChI is InChI=1S/C20H21NO5/c1-26-18-11-14(7-9-17(18)22)8-10-19(23)21-13-16(12-20(24)25)15-5-3-2-4-6-15/h2-11,16,22H,12-13H2,1H3,(H,21,23)(H,24,25)/p-1/b10-8+/t16-/m1/s1. The molecule has 0 unspecified atom stereocenters. The number of aliphatic carboxylic acids is 1. The lowest BCUT2D eigenvalue weighted by Crippen LogP contribution is -2.31. The van der Waals surface area contributed by atoms with Gasteiger partial charge in [0.05, 0.1) is 7.11 Å². The Bertz CT molecular complexity index is 786. The second-order valence-corrected chi connectivity index (χ2v) is 5.69. The van der Waals surface area contributed by atoms with Gasteiger partial charge in [-0.3, -0.25) is 4.79 Å². The van der Waals surface area contributed by atoms with E-state index in [1.807, 2.05) is 30.3 Å². The van der Waals surface area contributed by atoms with Crippen molar-refractivity contribution in [1.82, 2.24) is 5.32 Å². The fourth-order valence-corrected chi connectivity index (χ4v) is 2.49. The molecule has 26 heavy (non-hydrogen) atoms. The van der Waals surface area contributed by atoms with Gasteiger partial charge in [0.1, 0.15) is 0 Å². The monoisotopic (exact) mass is 354 g/mol. The van der Waals surface area contributed by atoms with E-state index < -0.39 is 5.97 Å². The molecule has 0 saturated carbocycles. The number of carbonyl (C=O) groups is 2. The average Bonchev–Trinajstić information content (AvgIpc) is 2.64. The molecule has 0 radical (unpaired) electrons. The van der Waals surface area contributed by atoms with E-state index >= 15 is 0 Å². The van der Waals surface area contributed by atoms with Gasteiger partial charge in [-0.2, -0.15) is 0 Å². The number of nitrogens with one attached hydrogen (secondary N) is 1. The van der Waals surface area contributed by atoms with Crippen LogP contribution in [0, 0.1) is 0 Å². The summed E-state index contributed by atoms with van der Waals surface area (Å²) in [5.41, 5.74) is 1.51. The Hall–Kier alpha value is -3.28. The SMILES string of the molecule is COc1cc(/C=C/C(=O)NC[C@@H](CC(=O)[O-])c2ccccc2)ccc1O. The number of ether oxygens (including phenoxy) is 1. The van der Waals surface area contributed by atoms with Crippen LogP contribution in [0.2, 0.25) is 0 Å². The molecule has 0 aliphatic rings. The first-order valence-electron chi connectivity index (χ1n) is 8.07. The summed E-state index contributed by atoms with van der Waals surface area (Å²) < 4.78 is 5.01. The number of carboxylic acids is 1. The van der Waals surface area contributed by atoms with E-state index in [2.05, 4.69) is 5.32 Å². The van der Waals surface area contributed by atoms with Crippen LogP contribution in [0.5, 0.6) is 11.5 Å². The van der Waals surface area contributed by atoms with E-state index in [1.165, 1.54) is 19.3 Å². The number of hydrogen-bond acceptors (Lipinski definition) is 5. The predicted octanol–water partition coefficient (Wildman–Crippen LogP) is 1.45. The van der Waals surface area contributed by atoms with Crippen LogP contribution in [0.1, 0.15) is 23.5 Å². The van der Waals surface area contributed by atoms with Gasteiger partial charge in [-0.1, -0.05) is 36.4 Å². The van der Waals surface area contributed by atoms with E-state index in [0.29, 0.717) is 11.3 Å². The Balaban J connectivity index is 1.98. The maximum Gasteiger partial charge on any atom is 0.244 e. The topological polar surface area (TPSA) is 98.7 Å². The molecule has 1 atom stereocenters. The number of methoxy groups -OCH3 is 1. The highest BCUT2D eigenvalue weighted by Gasteiger charge is 2.12. The van der Waals surface area contributed by atoms with Crippen molar-refractivity contribution in [3.05, 3.63) is 65.7 Å². The van der Waals surface area contributed by atoms with Crippen molar-refractivity contribution in [2.24, 2.45) is 0 Å². The molecule has 6 heteroatoms. The highest BCUT2D eigenvalue weighted by molar-refractivity contribution is 5.91. The van der Waals surface area contributed by atoms with Crippen LogP contribution >= 0.6 is 0 Å². The van der Waals surface area contributed by atoms with Crippen LogP contribution in [-0.4, -0.2) is 30.6 Å². The van der Waals surface area contributed by atoms with E-state index in [4.69, 9.17) is 4.74 Å². The lowest BCUT2D eigenvalue weighted by Gasteiger charge is -2.18. The van der Waals surface area contributed by atoms with Gasteiger partial charge in [0.25, 0.3) is 0 Å². The van der Waals surface area contributed by atoms with E-state index in [1.54, 1.807) is 18.2 Å². The molecule has 0 fully saturated rings. The van der Waals surface area contributed by atoms with Crippen molar-refractivity contribution in [1.29, 1.82) is 0 Å². The molecule has 0 saturated heterocycles. The lowest BCUT2D eigenvalue weighted by molar-refractivity contribution is -0.306. The number of hydrogen-bond donors (Lipinski definition) is 2. The number of amides is 1. The molecule has 0 aliphatic carbocycles. The zero-order valence-electron chi connectivity index (χ0n) is 14.3. The van der Waals surface area contributed by atoms with Crippen molar-refractivity contribution in [2.45, 2.75) is 12.3 Å². The summed E-state index contributed by atoms with van der Waals surface area (Å²) in [6, 6.07) is 13.8. The normalized spacial score (nSPS) is 11.9. The van der Waals surface area contributed by atoms with E-state index in [0.717, 1.165) is 5.56 Å². The first-order chi connectivity index (χ1) is 12.5. The molecule has 0 spiro atoms. The molecular formula is C20H20NO5-. The minimum atomic E-state index is -1.17. The molecule has 0 aliphatic heterocycles. The molecular weight excluding hydrogens is 334 g/mol. The number of phenolic OH excluding ortho intramolecular Hbond substituents is 1. The Kier molecular flexibility index (Phi) is 6.79. The number of phenols is 1. The summed E-state index contributed by atoms with van der Waals surface area (Å²) in [5.74, 6) is -1.56. The summed E-state index contributed by atoms with van der Waals surface area (Å²) in [5, 5.41) is 23.2. The zero-order valence-corrected chi connectivity index (χ0v) is 14.3. The second kappa shape index (κ2) is 9.27. The number of carbonyl (C=O) groups excluding carboxylic acids is 2. The van der Waals surface area contributed by atoms with Crippen LogP contribution in [-0.2, 0) is 9.59 Å². The zero-order chi connectivity index (χ0) is 18.9. The number of carboxylic acid groups (broad SMARTS) is 1. The van der Waals surface area contributed by atoms with Gasteiger partial charge >= 0.3 is 0 Å². The summed E-state index contributed by atoms with van der Waals surface area (Å²) in [4.78, 5) is 23.0. The quantitative estimate of drug-likeness (QED) is 0.699. The van der Waals surface area contributed by atoms with Gasteiger partial charge in [0.15, 0.2) is 11.5 Å². The average molecular weight is 354 g/mol. The summed E-state index contributed by atoms with van der Waals surface area (Å²) >= 11 is 0. The van der Waals surface area contributed by atoms with Crippen molar-refractivity contribution in [3.63, 3.8) is 0 Å². The molecule has 6 nitrogen and oxygen atoms in total. The third kappa shape index (κ3) is 5.66. The molecule has 2 aromatic rings. The van der Waals surface area contributed by atoms with Crippen molar-refractivity contribution in [3.8, 4) is 11.5 Å². The van der Waals surface area contributed by atoms with Gasteiger partial charge in [-0.15, -0.1) is 0 Å². The van der Waals surface area contributed by atoms with E-state index in [-0.39, 0.29) is 30.5 Å². The first-order valence-corrected chi connectivity index (χ1v) is 8.07. The Morgan fingerprint density at radius 3 is 2.62 bits per heavy atom. The van der Waals surface area contributed by atoms with Crippen molar-refractivity contribution < 1.29 is 24.5 Å². The molecule has 0 bridgehead atoms. The third-order valence-electron chi connectivity index (χ3n) is 3.84. The molecule has 2 N–H and O–H groups in total. The Morgan fingerprint density at radius 1 is 1.23 bits per heavy atom. The molecule has 2 rings (SSSR count). The number of aromatic hydroxyl groups is 1. The van der Waals surface area contributed by atoms with Crippen molar-refractivity contribution in [2.75, 3.05) is 13.7 Å². The second-order valence-electron chi connectivity index (χ2n) is 5.69. The predicted molar refractivity (Wildman–Crippen MR) is 95.5 cm³/mol. The lowest BCUT2D eigenvalue weighted by atomic mass is 9.96. The highest BCUT2D eigenvalue weighted by atomic mass is 16.5. The summed E-state index contributed by atoms with van der Waals surface area (Å²) in [6.45, 7) is 0.181. The van der Waals surface area contributed by atoms with Crippen LogP contribution in [0.4, 0.5) is 0 Å². The molecule has 2 aromatic carbocycles. The number of benzene rings is 2. The minimum Gasteiger partial charge on any atom is -0.550 e. The third-order valence-corrected chi connectivity index (χ3v) is 3.84. The van der Waals surface area contributed by atoms with Gasteiger partial charge in [-0.25, -0.2) is 0 Å². The smallest absolute Gasteiger partial charge is 0.244 e. The summed E-state index contributed by atoms with van der Waals surface area (Å²) in [6.07, 6.45) is 2.74. The van der Waals surface area contributed by atoms with Crippen molar-refractivity contribution >= 4 is 18.0 Å². The van der Waals surface area contributed by atoms with Crippen LogP contribution in [0.25, 0.3) is 6.08 Å². The van der Waals surface area contributed by atoms with Gasteiger partial charge in [-0.05, 0) is 35.8 Å². The molecule has 1 amide bonds. The number of rotatable bonds is 8. The van der Waals surface area contributed by atoms with Crippen LogP contribution in [0.15, 0.2) is 54.6 Å². The van der Waals surface area contributed by atoms with Gasteiger partial charge < -0.3 is 25.1 Å². The highest BCUT2D eigenvalue weighted by Crippen LogP contribution is 2.26. The maximum absolute atomic E-state index is 12.0.